The van der Waals surface area contributed by atoms with Crippen LogP contribution in [0.2, 0.25) is 0 Å². The predicted molar refractivity (Wildman–Crippen MR) is 90.6 cm³/mol. The molecule has 5 heteroatoms. The summed E-state index contributed by atoms with van der Waals surface area (Å²) >= 11 is 0. The Morgan fingerprint density at radius 3 is 2.57 bits per heavy atom. The normalized spacial score (nSPS) is 11.2. The van der Waals surface area contributed by atoms with Crippen LogP contribution in [0.5, 0.6) is 0 Å². The van der Waals surface area contributed by atoms with Gasteiger partial charge in [-0.1, -0.05) is 35.9 Å². The maximum Gasteiger partial charge on any atom is 0.241 e. The van der Waals surface area contributed by atoms with E-state index in [4.69, 9.17) is 5.26 Å². The van der Waals surface area contributed by atoms with Crippen molar-refractivity contribution in [3.05, 3.63) is 64.7 Å². The first kappa shape index (κ1) is 17.2. The molecule has 0 bridgehead atoms. The van der Waals surface area contributed by atoms with E-state index in [0.717, 1.165) is 6.42 Å². The highest BCUT2D eigenvalue weighted by Crippen LogP contribution is 2.15. The quantitative estimate of drug-likeness (QED) is 0.828. The van der Waals surface area contributed by atoms with Crippen LogP contribution in [0.4, 0.5) is 0 Å². The van der Waals surface area contributed by atoms with Gasteiger partial charge in [-0.2, -0.15) is 5.26 Å². The molecule has 23 heavy (non-hydrogen) atoms. The molecule has 0 aromatic heterocycles. The molecule has 120 valence electrons. The number of hydrogen-bond donors (Lipinski definition) is 1. The summed E-state index contributed by atoms with van der Waals surface area (Å²) in [7, 11) is -3.65. The van der Waals surface area contributed by atoms with E-state index in [9.17, 15) is 8.42 Å². The van der Waals surface area contributed by atoms with Crippen molar-refractivity contribution in [2.75, 3.05) is 6.54 Å². The van der Waals surface area contributed by atoms with Crippen LogP contribution >= 0.6 is 0 Å². The second-order valence-corrected chi connectivity index (χ2v) is 7.27. The van der Waals surface area contributed by atoms with E-state index in [1.165, 1.54) is 28.8 Å². The second kappa shape index (κ2) is 7.40. The Morgan fingerprint density at radius 1 is 1.13 bits per heavy atom. The summed E-state index contributed by atoms with van der Waals surface area (Å²) in [5, 5.41) is 9.01. The summed E-state index contributed by atoms with van der Waals surface area (Å²) in [5.74, 6) is 0. The molecule has 0 heterocycles. The molecule has 4 nitrogen and oxygen atoms in total. The SMILES string of the molecule is Cc1ccc(CCCNS(=O)(=O)c2ccccc2C#N)c(C)c1. The average Bonchev–Trinajstić information content (AvgIpc) is 2.53. The van der Waals surface area contributed by atoms with Crippen LogP contribution in [0.3, 0.4) is 0 Å². The Hall–Kier alpha value is -2.16. The van der Waals surface area contributed by atoms with Crippen molar-refractivity contribution in [2.45, 2.75) is 31.6 Å². The number of rotatable bonds is 6. The second-order valence-electron chi connectivity index (χ2n) is 5.54. The lowest BCUT2D eigenvalue weighted by atomic mass is 10.0. The molecule has 0 saturated carbocycles. The van der Waals surface area contributed by atoms with Crippen LogP contribution in [-0.4, -0.2) is 15.0 Å². The molecule has 1 N–H and O–H groups in total. The smallest absolute Gasteiger partial charge is 0.211 e. The highest BCUT2D eigenvalue weighted by molar-refractivity contribution is 7.89. The Balaban J connectivity index is 1.97. The summed E-state index contributed by atoms with van der Waals surface area (Å²) in [6.07, 6.45) is 1.52. The lowest BCUT2D eigenvalue weighted by Gasteiger charge is -2.09. The van der Waals surface area contributed by atoms with Gasteiger partial charge in [-0.25, -0.2) is 13.1 Å². The lowest BCUT2D eigenvalue weighted by molar-refractivity contribution is 0.578. The molecular formula is C18H20N2O2S. The third kappa shape index (κ3) is 4.41. The fraction of sp³-hybridized carbons (Fsp3) is 0.278. The van der Waals surface area contributed by atoms with E-state index >= 15 is 0 Å². The summed E-state index contributed by atoms with van der Waals surface area (Å²) in [4.78, 5) is 0.0361. The van der Waals surface area contributed by atoms with E-state index in [1.807, 2.05) is 6.07 Å². The summed E-state index contributed by atoms with van der Waals surface area (Å²) < 4.78 is 27.1. The van der Waals surface area contributed by atoms with Gasteiger partial charge in [-0.15, -0.1) is 0 Å². The number of nitriles is 1. The Kier molecular flexibility index (Phi) is 5.54. The molecule has 0 aliphatic rings. The van der Waals surface area contributed by atoms with E-state index in [2.05, 4.69) is 36.8 Å². The fourth-order valence-electron chi connectivity index (χ4n) is 2.48. The minimum Gasteiger partial charge on any atom is -0.211 e. The number of nitrogens with zero attached hydrogens (tertiary/aromatic N) is 1. The minimum absolute atomic E-state index is 0.0361. The first-order chi connectivity index (χ1) is 10.9. The van der Waals surface area contributed by atoms with Crippen LogP contribution in [0, 0.1) is 25.2 Å². The fourth-order valence-corrected chi connectivity index (χ4v) is 3.71. The van der Waals surface area contributed by atoms with Crippen molar-refractivity contribution >= 4 is 10.0 Å². The molecule has 0 aliphatic carbocycles. The molecule has 2 rings (SSSR count). The predicted octanol–water partition coefficient (Wildman–Crippen LogP) is 3.09. The standard InChI is InChI=1S/C18H20N2O2S/c1-14-9-10-16(15(2)12-14)7-5-11-20-23(21,22)18-8-4-3-6-17(18)13-19/h3-4,6,8-10,12,20H,5,7,11H2,1-2H3. The topological polar surface area (TPSA) is 70.0 Å². The van der Waals surface area contributed by atoms with Gasteiger partial charge in [0.1, 0.15) is 6.07 Å². The van der Waals surface area contributed by atoms with E-state index in [1.54, 1.807) is 12.1 Å². The van der Waals surface area contributed by atoms with E-state index in [-0.39, 0.29) is 10.5 Å². The van der Waals surface area contributed by atoms with Gasteiger partial charge in [-0.05, 0) is 49.9 Å². The number of nitrogens with one attached hydrogen (secondary N) is 1. The average molecular weight is 328 g/mol. The zero-order chi connectivity index (χ0) is 16.9. The number of aryl methyl sites for hydroxylation is 3. The van der Waals surface area contributed by atoms with Gasteiger partial charge in [-0.3, -0.25) is 0 Å². The summed E-state index contributed by atoms with van der Waals surface area (Å²) in [6, 6.07) is 14.4. The number of sulfonamides is 1. The first-order valence-electron chi connectivity index (χ1n) is 7.49. The van der Waals surface area contributed by atoms with Gasteiger partial charge in [0.05, 0.1) is 10.5 Å². The molecule has 2 aromatic rings. The van der Waals surface area contributed by atoms with Crippen LogP contribution < -0.4 is 4.72 Å². The van der Waals surface area contributed by atoms with Crippen molar-refractivity contribution in [1.82, 2.24) is 4.72 Å². The van der Waals surface area contributed by atoms with Crippen LogP contribution in [0.25, 0.3) is 0 Å². The first-order valence-corrected chi connectivity index (χ1v) is 8.97. The molecule has 0 fully saturated rings. The van der Waals surface area contributed by atoms with Crippen molar-refractivity contribution in [1.29, 1.82) is 5.26 Å². The van der Waals surface area contributed by atoms with E-state index < -0.39 is 10.0 Å². The van der Waals surface area contributed by atoms with Crippen LogP contribution in [0.1, 0.15) is 28.7 Å². The zero-order valence-electron chi connectivity index (χ0n) is 13.3. The van der Waals surface area contributed by atoms with Gasteiger partial charge in [0.25, 0.3) is 0 Å². The zero-order valence-corrected chi connectivity index (χ0v) is 14.2. The third-order valence-electron chi connectivity index (χ3n) is 3.71. The monoisotopic (exact) mass is 328 g/mol. The Bertz CT molecular complexity index is 836. The highest BCUT2D eigenvalue weighted by atomic mass is 32.2. The Morgan fingerprint density at radius 2 is 1.87 bits per heavy atom. The van der Waals surface area contributed by atoms with E-state index in [0.29, 0.717) is 13.0 Å². The van der Waals surface area contributed by atoms with Gasteiger partial charge >= 0.3 is 0 Å². The highest BCUT2D eigenvalue weighted by Gasteiger charge is 2.17. The maximum absolute atomic E-state index is 12.3. The van der Waals surface area contributed by atoms with Crippen molar-refractivity contribution in [3.8, 4) is 6.07 Å². The van der Waals surface area contributed by atoms with Gasteiger partial charge < -0.3 is 0 Å². The Labute approximate surface area is 137 Å². The molecule has 0 saturated heterocycles. The number of benzene rings is 2. The molecule has 0 aliphatic heterocycles. The maximum atomic E-state index is 12.3. The number of hydrogen-bond acceptors (Lipinski definition) is 3. The summed E-state index contributed by atoms with van der Waals surface area (Å²) in [5.41, 5.74) is 3.84. The summed E-state index contributed by atoms with van der Waals surface area (Å²) in [6.45, 7) is 4.46. The molecule has 0 radical (unpaired) electrons. The van der Waals surface area contributed by atoms with Crippen molar-refractivity contribution in [2.24, 2.45) is 0 Å². The van der Waals surface area contributed by atoms with Gasteiger partial charge in [0, 0.05) is 6.54 Å². The third-order valence-corrected chi connectivity index (χ3v) is 5.23. The molecule has 0 spiro atoms. The largest absolute Gasteiger partial charge is 0.241 e. The van der Waals surface area contributed by atoms with Crippen molar-refractivity contribution < 1.29 is 8.42 Å². The van der Waals surface area contributed by atoms with Gasteiger partial charge in [0.2, 0.25) is 10.0 Å². The minimum atomic E-state index is -3.65. The van der Waals surface area contributed by atoms with Gasteiger partial charge in [0.15, 0.2) is 0 Å². The van der Waals surface area contributed by atoms with Crippen LogP contribution in [-0.2, 0) is 16.4 Å². The lowest BCUT2D eigenvalue weighted by Crippen LogP contribution is -2.25. The molecule has 0 amide bonds. The molecule has 2 aromatic carbocycles. The van der Waals surface area contributed by atoms with Crippen molar-refractivity contribution in [3.63, 3.8) is 0 Å². The molecular weight excluding hydrogens is 308 g/mol. The molecule has 0 unspecified atom stereocenters. The molecule has 0 atom stereocenters. The van der Waals surface area contributed by atoms with Crippen LogP contribution in [0.15, 0.2) is 47.4 Å².